The molecule has 0 amide bonds. The number of amidine groups is 2. The lowest BCUT2D eigenvalue weighted by Gasteiger charge is -2.27. The molecule has 7 heteroatoms. The van der Waals surface area contributed by atoms with E-state index < -0.39 is 0 Å². The standard InChI is InChI=1S/C24H25N7/c1-4-29-15-20(13-28-29)19-7-10-22-23(11-19)30(21-8-5-18(12-25)6-9-21)14-16(2)24(27)31(22)17(3)26/h5-11,13,15-16,26-27H,4,14H2,1-3H3/t16-/m1/s1. The minimum atomic E-state index is -0.0883. The van der Waals surface area contributed by atoms with Crippen LogP contribution in [0, 0.1) is 28.1 Å². The van der Waals surface area contributed by atoms with Gasteiger partial charge in [0.25, 0.3) is 0 Å². The smallest absolute Gasteiger partial charge is 0.111 e. The normalized spacial score (nSPS) is 15.9. The molecule has 0 bridgehead atoms. The van der Waals surface area contributed by atoms with Crippen LogP contribution in [0.4, 0.5) is 17.1 Å². The van der Waals surface area contributed by atoms with E-state index in [1.54, 1.807) is 11.8 Å². The molecule has 1 aliphatic rings. The number of rotatable bonds is 3. The molecule has 0 saturated carbocycles. The maximum atomic E-state index is 9.17. The van der Waals surface area contributed by atoms with Gasteiger partial charge in [-0.05, 0) is 55.8 Å². The van der Waals surface area contributed by atoms with Gasteiger partial charge < -0.3 is 4.90 Å². The third kappa shape index (κ3) is 3.68. The van der Waals surface area contributed by atoms with E-state index in [1.807, 2.05) is 60.4 Å². The van der Waals surface area contributed by atoms with Gasteiger partial charge in [0, 0.05) is 36.5 Å². The Morgan fingerprint density at radius 1 is 1.16 bits per heavy atom. The zero-order valence-corrected chi connectivity index (χ0v) is 17.9. The largest absolute Gasteiger partial charge is 0.339 e. The zero-order valence-electron chi connectivity index (χ0n) is 17.9. The molecule has 4 rings (SSSR count). The molecule has 0 radical (unpaired) electrons. The molecule has 1 aromatic heterocycles. The highest BCUT2D eigenvalue weighted by Crippen LogP contribution is 2.41. The summed E-state index contributed by atoms with van der Waals surface area (Å²) in [6.07, 6.45) is 3.88. The number of fused-ring (bicyclic) bond motifs is 1. The molecule has 3 aromatic rings. The van der Waals surface area contributed by atoms with Crippen LogP contribution in [0.15, 0.2) is 54.9 Å². The molecule has 156 valence electrons. The Bertz CT molecular complexity index is 1180. The maximum absolute atomic E-state index is 9.17. The van der Waals surface area contributed by atoms with Gasteiger partial charge in [-0.1, -0.05) is 13.0 Å². The summed E-state index contributed by atoms with van der Waals surface area (Å²) in [6.45, 7) is 7.17. The van der Waals surface area contributed by atoms with Crippen molar-refractivity contribution in [2.75, 3.05) is 16.3 Å². The predicted molar refractivity (Wildman–Crippen MR) is 124 cm³/mol. The summed E-state index contributed by atoms with van der Waals surface area (Å²) < 4.78 is 1.89. The van der Waals surface area contributed by atoms with Crippen molar-refractivity contribution in [1.29, 1.82) is 16.1 Å². The van der Waals surface area contributed by atoms with Crippen molar-refractivity contribution in [2.45, 2.75) is 27.3 Å². The molecule has 0 aliphatic carbocycles. The van der Waals surface area contributed by atoms with Crippen molar-refractivity contribution in [3.05, 3.63) is 60.4 Å². The van der Waals surface area contributed by atoms with E-state index in [1.165, 1.54) is 0 Å². The Hall–Kier alpha value is -3.92. The van der Waals surface area contributed by atoms with Crippen LogP contribution in [0.1, 0.15) is 26.3 Å². The average Bonchev–Trinajstić information content (AvgIpc) is 3.23. The molecule has 2 N–H and O–H groups in total. The maximum Gasteiger partial charge on any atom is 0.111 e. The summed E-state index contributed by atoms with van der Waals surface area (Å²) in [5.41, 5.74) is 5.34. The van der Waals surface area contributed by atoms with E-state index >= 15 is 0 Å². The van der Waals surface area contributed by atoms with Crippen LogP contribution in [-0.2, 0) is 6.54 Å². The molecule has 0 unspecified atom stereocenters. The third-order valence-corrected chi connectivity index (χ3v) is 5.61. The van der Waals surface area contributed by atoms with Crippen LogP contribution in [0.3, 0.4) is 0 Å². The van der Waals surface area contributed by atoms with Gasteiger partial charge in [0.1, 0.15) is 11.7 Å². The molecule has 0 saturated heterocycles. The van der Waals surface area contributed by atoms with E-state index in [0.717, 1.165) is 34.7 Å². The molecule has 1 aliphatic heterocycles. The van der Waals surface area contributed by atoms with Gasteiger partial charge >= 0.3 is 0 Å². The Balaban J connectivity index is 1.90. The van der Waals surface area contributed by atoms with E-state index in [2.05, 4.69) is 29.1 Å². The molecular formula is C24H25N7. The fourth-order valence-electron chi connectivity index (χ4n) is 3.92. The first-order valence-electron chi connectivity index (χ1n) is 10.3. The topological polar surface area (TPSA) is 95.8 Å². The second-order valence-corrected chi connectivity index (χ2v) is 7.76. The van der Waals surface area contributed by atoms with Crippen LogP contribution >= 0.6 is 0 Å². The van der Waals surface area contributed by atoms with Crippen molar-refractivity contribution in [1.82, 2.24) is 9.78 Å². The van der Waals surface area contributed by atoms with Gasteiger partial charge in [-0.25, -0.2) is 0 Å². The zero-order chi connectivity index (χ0) is 22.1. The SMILES string of the molecule is CCn1cc(-c2ccc3c(c2)N(c2ccc(C#N)cc2)C[C@@H](C)C(=N)N3C(C)=N)cn1. The Labute approximate surface area is 182 Å². The number of benzene rings is 2. The fourth-order valence-corrected chi connectivity index (χ4v) is 3.92. The first-order chi connectivity index (χ1) is 14.9. The Kier molecular flexibility index (Phi) is 5.30. The average molecular weight is 412 g/mol. The molecule has 7 nitrogen and oxygen atoms in total. The summed E-state index contributed by atoms with van der Waals surface area (Å²) in [6, 6.07) is 15.8. The second kappa shape index (κ2) is 8.07. The highest BCUT2D eigenvalue weighted by atomic mass is 15.3. The number of aryl methyl sites for hydroxylation is 1. The molecule has 0 spiro atoms. The van der Waals surface area contributed by atoms with Crippen LogP contribution in [0.2, 0.25) is 0 Å². The van der Waals surface area contributed by atoms with Crippen LogP contribution in [0.25, 0.3) is 11.1 Å². The number of anilines is 3. The lowest BCUT2D eigenvalue weighted by Crippen LogP contribution is -2.38. The van der Waals surface area contributed by atoms with Crippen LogP contribution < -0.4 is 9.80 Å². The Morgan fingerprint density at radius 2 is 1.90 bits per heavy atom. The second-order valence-electron chi connectivity index (χ2n) is 7.76. The van der Waals surface area contributed by atoms with E-state index in [9.17, 15) is 0 Å². The number of nitrogens with zero attached hydrogens (tertiary/aromatic N) is 5. The fraction of sp³-hybridized carbons (Fsp3) is 0.250. The van der Waals surface area contributed by atoms with Crippen molar-refractivity contribution >= 4 is 28.7 Å². The van der Waals surface area contributed by atoms with Crippen LogP contribution in [-0.4, -0.2) is 28.0 Å². The van der Waals surface area contributed by atoms with Crippen molar-refractivity contribution < 1.29 is 0 Å². The van der Waals surface area contributed by atoms with Crippen LogP contribution in [0.5, 0.6) is 0 Å². The van der Waals surface area contributed by atoms with Gasteiger partial charge in [0.2, 0.25) is 0 Å². The lowest BCUT2D eigenvalue weighted by molar-refractivity contribution is 0.660. The van der Waals surface area contributed by atoms with Gasteiger partial charge in [-0.15, -0.1) is 0 Å². The molecule has 1 atom stereocenters. The number of hydrogen-bond donors (Lipinski definition) is 2. The number of hydrogen-bond acceptors (Lipinski definition) is 5. The summed E-state index contributed by atoms with van der Waals surface area (Å²) in [7, 11) is 0. The summed E-state index contributed by atoms with van der Waals surface area (Å²) >= 11 is 0. The van der Waals surface area contributed by atoms with Crippen molar-refractivity contribution in [2.24, 2.45) is 5.92 Å². The first-order valence-corrected chi connectivity index (χ1v) is 10.3. The third-order valence-electron chi connectivity index (χ3n) is 5.61. The molecular weight excluding hydrogens is 386 g/mol. The highest BCUT2D eigenvalue weighted by Gasteiger charge is 2.31. The minimum absolute atomic E-state index is 0.0883. The monoisotopic (exact) mass is 411 g/mol. The number of aromatic nitrogens is 2. The summed E-state index contributed by atoms with van der Waals surface area (Å²) in [4.78, 5) is 3.88. The van der Waals surface area contributed by atoms with Gasteiger partial charge in [-0.2, -0.15) is 10.4 Å². The lowest BCUT2D eigenvalue weighted by atomic mass is 10.1. The molecule has 0 fully saturated rings. The molecule has 31 heavy (non-hydrogen) atoms. The summed E-state index contributed by atoms with van der Waals surface area (Å²) in [5, 5.41) is 30.6. The molecule has 2 aromatic carbocycles. The minimum Gasteiger partial charge on any atom is -0.339 e. The predicted octanol–water partition coefficient (Wildman–Crippen LogP) is 5.01. The number of nitriles is 1. The van der Waals surface area contributed by atoms with E-state index in [4.69, 9.17) is 16.1 Å². The van der Waals surface area contributed by atoms with Crippen molar-refractivity contribution in [3.63, 3.8) is 0 Å². The van der Waals surface area contributed by atoms with E-state index in [-0.39, 0.29) is 5.92 Å². The Morgan fingerprint density at radius 3 is 2.52 bits per heavy atom. The quantitative estimate of drug-likeness (QED) is 0.468. The first kappa shape index (κ1) is 20.4. The van der Waals surface area contributed by atoms with Crippen molar-refractivity contribution in [3.8, 4) is 17.2 Å². The highest BCUT2D eigenvalue weighted by molar-refractivity contribution is 6.19. The van der Waals surface area contributed by atoms with Gasteiger partial charge in [-0.3, -0.25) is 20.4 Å². The summed E-state index contributed by atoms with van der Waals surface area (Å²) in [5.74, 6) is 0.623. The number of nitrogens with one attached hydrogen (secondary N) is 2. The molecule has 2 heterocycles. The van der Waals surface area contributed by atoms with Gasteiger partial charge in [0.05, 0.1) is 29.2 Å². The van der Waals surface area contributed by atoms with Gasteiger partial charge in [0.15, 0.2) is 0 Å². The van der Waals surface area contributed by atoms with E-state index in [0.29, 0.717) is 23.8 Å².